The van der Waals surface area contributed by atoms with Gasteiger partial charge in [-0.2, -0.15) is 0 Å². The largest absolute Gasteiger partial charge is 0.415 e. The highest BCUT2D eigenvalue weighted by molar-refractivity contribution is 9.10. The molecule has 2 aromatic rings. The zero-order valence-electron chi connectivity index (χ0n) is 14.0. The van der Waals surface area contributed by atoms with Gasteiger partial charge in [0.15, 0.2) is 5.75 Å². The molecule has 0 radical (unpaired) electrons. The number of carbonyl (C=O) groups excluding carboxylic acids is 1. The van der Waals surface area contributed by atoms with Crippen LogP contribution in [-0.4, -0.2) is 24.1 Å². The maximum absolute atomic E-state index is 12.2. The number of unbranched alkanes of at least 4 members (excludes halogenated alkanes) is 2. The van der Waals surface area contributed by atoms with Crippen molar-refractivity contribution in [3.63, 3.8) is 0 Å². The van der Waals surface area contributed by atoms with Gasteiger partial charge in [-0.05, 0) is 48.7 Å². The van der Waals surface area contributed by atoms with E-state index < -0.39 is 0 Å². The van der Waals surface area contributed by atoms with E-state index in [9.17, 15) is 4.79 Å². The Hall–Kier alpha value is -1.07. The van der Waals surface area contributed by atoms with Gasteiger partial charge in [-0.3, -0.25) is 0 Å². The van der Waals surface area contributed by atoms with Crippen molar-refractivity contribution in [2.45, 2.75) is 46.5 Å². The number of benzene rings is 1. The molecule has 126 valence electrons. The first kappa shape index (κ1) is 18.3. The van der Waals surface area contributed by atoms with Gasteiger partial charge in [0.05, 0.1) is 4.70 Å². The summed E-state index contributed by atoms with van der Waals surface area (Å²) in [6.45, 7) is 7.44. The number of nitrogens with zero attached hydrogens (tertiary/aromatic N) is 1. The summed E-state index contributed by atoms with van der Waals surface area (Å²) in [6, 6.07) is 5.90. The van der Waals surface area contributed by atoms with Gasteiger partial charge in [0, 0.05) is 27.8 Å². The minimum atomic E-state index is -0.278. The lowest BCUT2D eigenvalue weighted by molar-refractivity contribution is 0.158. The van der Waals surface area contributed by atoms with E-state index in [2.05, 4.69) is 28.9 Å². The molecule has 0 spiro atoms. The Morgan fingerprint density at radius 3 is 2.61 bits per heavy atom. The number of rotatable bonds is 7. The van der Waals surface area contributed by atoms with Crippen LogP contribution in [0, 0.1) is 0 Å². The Morgan fingerprint density at radius 2 is 1.96 bits per heavy atom. The molecule has 5 heteroatoms. The molecule has 0 saturated carbocycles. The highest BCUT2D eigenvalue weighted by atomic mass is 79.9. The van der Waals surface area contributed by atoms with Crippen molar-refractivity contribution < 1.29 is 9.53 Å². The molecule has 2 rings (SSSR count). The summed E-state index contributed by atoms with van der Waals surface area (Å²) in [5, 5.41) is 1.13. The summed E-state index contributed by atoms with van der Waals surface area (Å²) >= 11 is 5.45. The Kier molecular flexibility index (Phi) is 6.90. The summed E-state index contributed by atoms with van der Waals surface area (Å²) in [5.41, 5.74) is 0. The number of halogens is 1. The van der Waals surface area contributed by atoms with Crippen LogP contribution in [0.4, 0.5) is 4.79 Å². The van der Waals surface area contributed by atoms with Crippen molar-refractivity contribution in [2.24, 2.45) is 0 Å². The molecular formula is C18H24BrNO2S. The molecule has 23 heavy (non-hydrogen) atoms. The van der Waals surface area contributed by atoms with Crippen LogP contribution in [-0.2, 0) is 6.42 Å². The van der Waals surface area contributed by atoms with Crippen molar-refractivity contribution in [1.29, 1.82) is 0 Å². The Bertz CT molecular complexity index is 664. The first-order valence-electron chi connectivity index (χ1n) is 8.28. The molecule has 0 aliphatic heterocycles. The molecule has 0 fully saturated rings. The molecule has 0 atom stereocenters. The van der Waals surface area contributed by atoms with Crippen LogP contribution in [0.3, 0.4) is 0 Å². The number of amides is 1. The number of ether oxygens (including phenoxy) is 1. The molecule has 0 aliphatic rings. The average Bonchev–Trinajstić information content (AvgIpc) is 2.87. The summed E-state index contributed by atoms with van der Waals surface area (Å²) in [4.78, 5) is 15.2. The number of aryl methyl sites for hydroxylation is 1. The summed E-state index contributed by atoms with van der Waals surface area (Å²) in [5.74, 6) is 0.659. The smallest absolute Gasteiger partial charge is 0.409 e. The monoisotopic (exact) mass is 397 g/mol. The summed E-state index contributed by atoms with van der Waals surface area (Å²) < 4.78 is 7.84. The van der Waals surface area contributed by atoms with Gasteiger partial charge in [-0.1, -0.05) is 31.9 Å². The maximum atomic E-state index is 12.2. The van der Waals surface area contributed by atoms with E-state index in [4.69, 9.17) is 4.74 Å². The molecule has 1 aromatic carbocycles. The van der Waals surface area contributed by atoms with E-state index in [0.29, 0.717) is 18.8 Å². The maximum Gasteiger partial charge on any atom is 0.415 e. The fourth-order valence-corrected chi connectivity index (χ4v) is 4.61. The zero-order valence-corrected chi connectivity index (χ0v) is 16.4. The lowest BCUT2D eigenvalue weighted by Gasteiger charge is -2.18. The first-order chi connectivity index (χ1) is 11.1. The van der Waals surface area contributed by atoms with E-state index in [1.54, 1.807) is 16.2 Å². The number of carbonyl (C=O) groups is 1. The minimum absolute atomic E-state index is 0.278. The van der Waals surface area contributed by atoms with Crippen LogP contribution in [0.15, 0.2) is 22.7 Å². The predicted molar refractivity (Wildman–Crippen MR) is 102 cm³/mol. The van der Waals surface area contributed by atoms with Gasteiger partial charge in [-0.15, -0.1) is 11.3 Å². The van der Waals surface area contributed by atoms with Gasteiger partial charge in [0.1, 0.15) is 0 Å². The van der Waals surface area contributed by atoms with Crippen molar-refractivity contribution >= 4 is 43.4 Å². The van der Waals surface area contributed by atoms with E-state index in [1.807, 2.05) is 26.0 Å². The fraction of sp³-hybridized carbons (Fsp3) is 0.500. The van der Waals surface area contributed by atoms with E-state index in [1.165, 1.54) is 24.1 Å². The molecule has 0 unspecified atom stereocenters. The van der Waals surface area contributed by atoms with Crippen LogP contribution in [0.5, 0.6) is 5.75 Å². The third-order valence-electron chi connectivity index (χ3n) is 3.91. The van der Waals surface area contributed by atoms with Crippen LogP contribution in [0.1, 0.15) is 44.9 Å². The fourth-order valence-electron chi connectivity index (χ4n) is 2.53. The predicted octanol–water partition coefficient (Wildman–Crippen LogP) is 6.24. The first-order valence-corrected chi connectivity index (χ1v) is 9.89. The summed E-state index contributed by atoms with van der Waals surface area (Å²) in [7, 11) is 0. The molecule has 0 bridgehead atoms. The quantitative estimate of drug-likeness (QED) is 0.517. The minimum Gasteiger partial charge on any atom is -0.409 e. The molecule has 0 N–H and O–H groups in total. The number of hydrogen-bond donors (Lipinski definition) is 0. The van der Waals surface area contributed by atoms with Gasteiger partial charge in [-0.25, -0.2) is 4.79 Å². The second-order valence-electron chi connectivity index (χ2n) is 5.47. The molecule has 1 aromatic heterocycles. The second-order valence-corrected chi connectivity index (χ2v) is 7.37. The molecule has 0 saturated heterocycles. The van der Waals surface area contributed by atoms with E-state index in [0.717, 1.165) is 21.0 Å². The van der Waals surface area contributed by atoms with Crippen LogP contribution in [0.25, 0.3) is 10.1 Å². The topological polar surface area (TPSA) is 29.5 Å². The number of fused-ring (bicyclic) bond motifs is 1. The highest BCUT2D eigenvalue weighted by Gasteiger charge is 2.17. The number of hydrogen-bond acceptors (Lipinski definition) is 3. The van der Waals surface area contributed by atoms with Gasteiger partial charge in [0.2, 0.25) is 0 Å². The van der Waals surface area contributed by atoms with Crippen LogP contribution < -0.4 is 4.74 Å². The molecule has 1 heterocycles. The van der Waals surface area contributed by atoms with Gasteiger partial charge in [0.25, 0.3) is 0 Å². The summed E-state index contributed by atoms with van der Waals surface area (Å²) in [6.07, 6.45) is 4.44. The van der Waals surface area contributed by atoms with Crippen molar-refractivity contribution in [2.75, 3.05) is 13.1 Å². The number of thiophene rings is 1. The van der Waals surface area contributed by atoms with E-state index >= 15 is 0 Å². The van der Waals surface area contributed by atoms with Gasteiger partial charge >= 0.3 is 6.09 Å². The SMILES string of the molecule is CCCCCc1sc2c(OC(=O)N(CC)CC)cccc2c1Br. The van der Waals surface area contributed by atoms with Gasteiger partial charge < -0.3 is 9.64 Å². The van der Waals surface area contributed by atoms with Crippen LogP contribution >= 0.6 is 27.3 Å². The van der Waals surface area contributed by atoms with E-state index in [-0.39, 0.29) is 6.09 Å². The molecule has 1 amide bonds. The van der Waals surface area contributed by atoms with Crippen LogP contribution in [0.2, 0.25) is 0 Å². The zero-order chi connectivity index (χ0) is 16.8. The lowest BCUT2D eigenvalue weighted by atomic mass is 10.1. The molecule has 0 aliphatic carbocycles. The molecule has 3 nitrogen and oxygen atoms in total. The van der Waals surface area contributed by atoms with Crippen molar-refractivity contribution in [1.82, 2.24) is 4.90 Å². The highest BCUT2D eigenvalue weighted by Crippen LogP contribution is 2.41. The standard InChI is InChI=1S/C18H24BrNO2S/c1-4-7-8-12-15-16(19)13-10-9-11-14(17(13)23-15)22-18(21)20(5-2)6-3/h9-11H,4-8,12H2,1-3H3. The Morgan fingerprint density at radius 1 is 1.22 bits per heavy atom. The van der Waals surface area contributed by atoms with Crippen molar-refractivity contribution in [3.8, 4) is 5.75 Å². The third-order valence-corrected chi connectivity index (χ3v) is 6.36. The Balaban J connectivity index is 2.27. The third kappa shape index (κ3) is 4.27. The Labute approximate surface area is 150 Å². The normalized spacial score (nSPS) is 11.0. The van der Waals surface area contributed by atoms with Crippen molar-refractivity contribution in [3.05, 3.63) is 27.5 Å². The second kappa shape index (κ2) is 8.69. The lowest BCUT2D eigenvalue weighted by Crippen LogP contribution is -2.33. The average molecular weight is 398 g/mol. The molecular weight excluding hydrogens is 374 g/mol.